The summed E-state index contributed by atoms with van der Waals surface area (Å²) >= 11 is 2.21. The van der Waals surface area contributed by atoms with Crippen molar-refractivity contribution < 1.29 is 9.90 Å². The van der Waals surface area contributed by atoms with Crippen LogP contribution in [0, 0.1) is 3.57 Å². The Hall–Kier alpha value is -0.620. The highest BCUT2D eigenvalue weighted by atomic mass is 127. The molecule has 1 aliphatic heterocycles. The molecule has 0 atom stereocenters. The molecule has 1 aromatic carbocycles. The van der Waals surface area contributed by atoms with Gasteiger partial charge in [0.2, 0.25) is 0 Å². The third-order valence-corrected chi connectivity index (χ3v) is 3.78. The fourth-order valence-corrected chi connectivity index (χ4v) is 2.57. The third-order valence-electron chi connectivity index (χ3n) is 3.06. The molecular formula is C13H16INO2. The van der Waals surface area contributed by atoms with Gasteiger partial charge in [-0.2, -0.15) is 0 Å². The summed E-state index contributed by atoms with van der Waals surface area (Å²) in [5.41, 5.74) is 0.0529. The van der Waals surface area contributed by atoms with Crippen LogP contribution < -0.4 is 0 Å². The van der Waals surface area contributed by atoms with Crippen molar-refractivity contribution in [2.75, 3.05) is 13.1 Å². The van der Waals surface area contributed by atoms with Gasteiger partial charge in [-0.1, -0.05) is 13.3 Å². The van der Waals surface area contributed by atoms with Gasteiger partial charge in [-0.15, -0.1) is 0 Å². The predicted octanol–water partition coefficient (Wildman–Crippen LogP) is 2.28. The number of β-amino-alcohol motifs (C(OH)–C–C–N with tert-alkyl or cyclic N) is 1. The van der Waals surface area contributed by atoms with Crippen LogP contribution in [0.3, 0.4) is 0 Å². The molecule has 1 fully saturated rings. The van der Waals surface area contributed by atoms with Crippen LogP contribution in [0.4, 0.5) is 0 Å². The molecule has 3 nitrogen and oxygen atoms in total. The summed E-state index contributed by atoms with van der Waals surface area (Å²) in [5.74, 6) is 0.0159. The molecule has 0 spiro atoms. The van der Waals surface area contributed by atoms with E-state index in [1.54, 1.807) is 4.90 Å². The lowest BCUT2D eigenvalue weighted by Crippen LogP contribution is -2.63. The van der Waals surface area contributed by atoms with Crippen LogP contribution in [0.15, 0.2) is 24.3 Å². The Balaban J connectivity index is 1.97. The molecule has 1 N–H and O–H groups in total. The molecule has 0 bridgehead atoms. The molecule has 0 aromatic heterocycles. The van der Waals surface area contributed by atoms with E-state index < -0.39 is 5.60 Å². The van der Waals surface area contributed by atoms with Crippen molar-refractivity contribution in [1.82, 2.24) is 4.90 Å². The van der Waals surface area contributed by atoms with Crippen LogP contribution in [0.2, 0.25) is 0 Å². The number of carbonyl (C=O) groups excluding carboxylic acids is 1. The first-order chi connectivity index (χ1) is 8.04. The number of rotatable bonds is 3. The monoisotopic (exact) mass is 345 g/mol. The number of amides is 1. The Morgan fingerprint density at radius 2 is 2.00 bits per heavy atom. The van der Waals surface area contributed by atoms with Gasteiger partial charge in [-0.05, 0) is 53.3 Å². The van der Waals surface area contributed by atoms with Gasteiger partial charge in [-0.25, -0.2) is 0 Å². The van der Waals surface area contributed by atoms with Crippen molar-refractivity contribution >= 4 is 28.5 Å². The zero-order chi connectivity index (χ0) is 12.5. The lowest BCUT2D eigenvalue weighted by atomic mass is 9.89. The molecule has 0 saturated carbocycles. The summed E-state index contributed by atoms with van der Waals surface area (Å²) in [4.78, 5) is 13.7. The van der Waals surface area contributed by atoms with Gasteiger partial charge in [0.25, 0.3) is 5.91 Å². The largest absolute Gasteiger partial charge is 0.386 e. The Bertz CT molecular complexity index is 410. The first kappa shape index (κ1) is 12.8. The average molecular weight is 345 g/mol. The van der Waals surface area contributed by atoms with Gasteiger partial charge in [0, 0.05) is 9.13 Å². The maximum absolute atomic E-state index is 12.0. The number of nitrogens with zero attached hydrogens (tertiary/aromatic N) is 1. The fraction of sp³-hybridized carbons (Fsp3) is 0.462. The average Bonchev–Trinajstić information content (AvgIpc) is 2.26. The lowest BCUT2D eigenvalue weighted by molar-refractivity contribution is -0.0860. The highest BCUT2D eigenvalue weighted by Gasteiger charge is 2.42. The summed E-state index contributed by atoms with van der Waals surface area (Å²) in [6.07, 6.45) is 1.71. The van der Waals surface area contributed by atoms with Crippen LogP contribution in [-0.4, -0.2) is 34.6 Å². The molecule has 0 radical (unpaired) electrons. The van der Waals surface area contributed by atoms with Gasteiger partial charge in [0.1, 0.15) is 0 Å². The zero-order valence-corrected chi connectivity index (χ0v) is 12.0. The minimum absolute atomic E-state index is 0.0159. The van der Waals surface area contributed by atoms with E-state index in [1.165, 1.54) is 0 Å². The number of hydrogen-bond acceptors (Lipinski definition) is 2. The third kappa shape index (κ3) is 2.80. The molecule has 17 heavy (non-hydrogen) atoms. The lowest BCUT2D eigenvalue weighted by Gasteiger charge is -2.46. The van der Waals surface area contributed by atoms with Gasteiger partial charge in [-0.3, -0.25) is 4.79 Å². The van der Waals surface area contributed by atoms with E-state index in [-0.39, 0.29) is 5.91 Å². The van der Waals surface area contributed by atoms with Crippen molar-refractivity contribution in [3.05, 3.63) is 33.4 Å². The number of likely N-dealkylation sites (tertiary alicyclic amines) is 1. The maximum Gasteiger partial charge on any atom is 0.254 e. The van der Waals surface area contributed by atoms with E-state index in [4.69, 9.17) is 0 Å². The molecule has 2 rings (SSSR count). The highest BCUT2D eigenvalue weighted by molar-refractivity contribution is 14.1. The highest BCUT2D eigenvalue weighted by Crippen LogP contribution is 2.27. The van der Waals surface area contributed by atoms with E-state index in [9.17, 15) is 9.90 Å². The van der Waals surface area contributed by atoms with E-state index in [2.05, 4.69) is 22.6 Å². The summed E-state index contributed by atoms with van der Waals surface area (Å²) in [7, 11) is 0. The van der Waals surface area contributed by atoms with Gasteiger partial charge in [0.05, 0.1) is 18.7 Å². The fourth-order valence-electron chi connectivity index (χ4n) is 2.21. The molecular weight excluding hydrogens is 329 g/mol. The van der Waals surface area contributed by atoms with Gasteiger partial charge < -0.3 is 10.0 Å². The number of benzene rings is 1. The van der Waals surface area contributed by atoms with Crippen molar-refractivity contribution in [2.24, 2.45) is 0 Å². The van der Waals surface area contributed by atoms with Crippen molar-refractivity contribution in [1.29, 1.82) is 0 Å². The number of hydrogen-bond donors (Lipinski definition) is 1. The van der Waals surface area contributed by atoms with E-state index in [0.717, 1.165) is 16.4 Å². The quantitative estimate of drug-likeness (QED) is 0.854. The van der Waals surface area contributed by atoms with E-state index in [0.29, 0.717) is 18.7 Å². The second-order valence-corrected chi connectivity index (χ2v) is 5.89. The summed E-state index contributed by atoms with van der Waals surface area (Å²) in [5, 5.41) is 10.0. The minimum Gasteiger partial charge on any atom is -0.386 e. The number of aliphatic hydroxyl groups is 1. The normalized spacial score (nSPS) is 17.7. The molecule has 1 saturated heterocycles. The molecule has 1 aliphatic rings. The standard InChI is InChI=1S/C13H16INO2/c1-2-7-13(17)8-15(9-13)12(16)10-3-5-11(14)6-4-10/h3-6,17H,2,7-9H2,1H3. The summed E-state index contributed by atoms with van der Waals surface area (Å²) in [6.45, 7) is 2.97. The van der Waals surface area contributed by atoms with Crippen LogP contribution in [0.5, 0.6) is 0 Å². The Labute approximate surface area is 115 Å². The molecule has 1 amide bonds. The molecule has 1 heterocycles. The minimum atomic E-state index is -0.645. The van der Waals surface area contributed by atoms with Crippen LogP contribution in [0.25, 0.3) is 0 Å². The van der Waals surface area contributed by atoms with Crippen LogP contribution in [0.1, 0.15) is 30.1 Å². The van der Waals surface area contributed by atoms with Crippen molar-refractivity contribution in [3.63, 3.8) is 0 Å². The summed E-state index contributed by atoms with van der Waals surface area (Å²) < 4.78 is 1.12. The predicted molar refractivity (Wildman–Crippen MR) is 74.9 cm³/mol. The van der Waals surface area contributed by atoms with Crippen molar-refractivity contribution in [2.45, 2.75) is 25.4 Å². The Morgan fingerprint density at radius 3 is 2.53 bits per heavy atom. The molecule has 0 aliphatic carbocycles. The van der Waals surface area contributed by atoms with Gasteiger partial charge in [0.15, 0.2) is 0 Å². The van der Waals surface area contributed by atoms with E-state index >= 15 is 0 Å². The number of halogens is 1. The first-order valence-corrected chi connectivity index (χ1v) is 6.89. The van der Waals surface area contributed by atoms with Gasteiger partial charge >= 0.3 is 0 Å². The molecule has 4 heteroatoms. The van der Waals surface area contributed by atoms with E-state index in [1.807, 2.05) is 31.2 Å². The van der Waals surface area contributed by atoms with Crippen LogP contribution in [-0.2, 0) is 0 Å². The van der Waals surface area contributed by atoms with Crippen LogP contribution >= 0.6 is 22.6 Å². The maximum atomic E-state index is 12.0. The molecule has 1 aromatic rings. The number of carbonyl (C=O) groups is 1. The Morgan fingerprint density at radius 1 is 1.41 bits per heavy atom. The second-order valence-electron chi connectivity index (χ2n) is 4.64. The summed E-state index contributed by atoms with van der Waals surface area (Å²) in [6, 6.07) is 7.51. The molecule has 92 valence electrons. The first-order valence-electron chi connectivity index (χ1n) is 5.81. The van der Waals surface area contributed by atoms with Crippen molar-refractivity contribution in [3.8, 4) is 0 Å². The topological polar surface area (TPSA) is 40.5 Å². The zero-order valence-electron chi connectivity index (χ0n) is 9.82. The SMILES string of the molecule is CCCC1(O)CN(C(=O)c2ccc(I)cc2)C1. The smallest absolute Gasteiger partial charge is 0.254 e. The Kier molecular flexibility index (Phi) is 3.73. The second kappa shape index (κ2) is 4.94. The molecule has 0 unspecified atom stereocenters.